The molecule has 1 N–H and O–H groups in total. The lowest BCUT2D eigenvalue weighted by atomic mass is 10.1. The third-order valence-electron chi connectivity index (χ3n) is 6.89. The minimum Gasteiger partial charge on any atom is -0.352 e. The van der Waals surface area contributed by atoms with Gasteiger partial charge in [0.1, 0.15) is 12.6 Å². The largest absolute Gasteiger partial charge is 0.352 e. The van der Waals surface area contributed by atoms with Crippen molar-refractivity contribution in [2.45, 2.75) is 70.9 Å². The molecule has 0 aromatic heterocycles. The maximum atomic E-state index is 13.8. The van der Waals surface area contributed by atoms with E-state index in [-0.39, 0.29) is 24.4 Å². The smallest absolute Gasteiger partial charge is 0.244 e. The normalized spacial score (nSPS) is 14.9. The highest BCUT2D eigenvalue weighted by Gasteiger charge is 2.33. The quantitative estimate of drug-likeness (QED) is 0.466. The summed E-state index contributed by atoms with van der Waals surface area (Å²) in [6.07, 6.45) is 6.87. The maximum absolute atomic E-state index is 13.8. The van der Waals surface area contributed by atoms with Gasteiger partial charge >= 0.3 is 0 Å². The Morgan fingerprint density at radius 3 is 2.25 bits per heavy atom. The van der Waals surface area contributed by atoms with Gasteiger partial charge in [-0.25, -0.2) is 8.42 Å². The summed E-state index contributed by atoms with van der Waals surface area (Å²) in [6, 6.07) is 16.5. The fourth-order valence-electron chi connectivity index (χ4n) is 4.91. The molecule has 1 atom stereocenters. The third-order valence-corrected chi connectivity index (χ3v) is 8.02. The van der Waals surface area contributed by atoms with Crippen LogP contribution in [-0.4, -0.2) is 56.6 Å². The van der Waals surface area contributed by atoms with Crippen LogP contribution >= 0.6 is 0 Å². The average Bonchev–Trinajstić information content (AvgIpc) is 3.37. The van der Waals surface area contributed by atoms with Crippen molar-refractivity contribution < 1.29 is 18.0 Å². The molecule has 2 aromatic rings. The molecule has 0 radical (unpaired) electrons. The van der Waals surface area contributed by atoms with Crippen LogP contribution in [0.1, 0.15) is 57.1 Å². The second-order valence-electron chi connectivity index (χ2n) is 9.49. The molecule has 7 nitrogen and oxygen atoms in total. The Morgan fingerprint density at radius 2 is 1.64 bits per heavy atom. The number of amides is 2. The number of hydrogen-bond acceptors (Lipinski definition) is 4. The number of aryl methyl sites for hydroxylation is 1. The Hall–Kier alpha value is -2.87. The first-order valence-corrected chi connectivity index (χ1v) is 14.8. The van der Waals surface area contributed by atoms with Gasteiger partial charge in [0.05, 0.1) is 11.9 Å². The minimum atomic E-state index is -3.73. The predicted octanol–water partition coefficient (Wildman–Crippen LogP) is 3.92. The third kappa shape index (κ3) is 7.32. The molecule has 0 aliphatic heterocycles. The highest BCUT2D eigenvalue weighted by molar-refractivity contribution is 7.92. The van der Waals surface area contributed by atoms with Crippen molar-refractivity contribution in [1.29, 1.82) is 0 Å². The molecule has 0 unspecified atom stereocenters. The first-order valence-electron chi connectivity index (χ1n) is 12.9. The average molecular weight is 514 g/mol. The molecule has 1 saturated carbocycles. The fourth-order valence-corrected chi connectivity index (χ4v) is 5.79. The number of nitrogens with one attached hydrogen (secondary N) is 1. The Balaban J connectivity index is 1.88. The van der Waals surface area contributed by atoms with E-state index in [2.05, 4.69) is 5.32 Å². The van der Waals surface area contributed by atoms with Gasteiger partial charge in [-0.1, -0.05) is 75.2 Å². The molecule has 0 bridgehead atoms. The Kier molecular flexibility index (Phi) is 9.93. The highest BCUT2D eigenvalue weighted by atomic mass is 32.2. The fraction of sp³-hybridized carbons (Fsp3) is 0.500. The predicted molar refractivity (Wildman–Crippen MR) is 144 cm³/mol. The van der Waals surface area contributed by atoms with Gasteiger partial charge in [0.15, 0.2) is 0 Å². The summed E-state index contributed by atoms with van der Waals surface area (Å²) in [7, 11) is -3.73. The van der Waals surface area contributed by atoms with Crippen LogP contribution in [0.5, 0.6) is 0 Å². The van der Waals surface area contributed by atoms with E-state index in [1.165, 1.54) is 4.31 Å². The molecule has 1 fully saturated rings. The van der Waals surface area contributed by atoms with Crippen molar-refractivity contribution in [3.63, 3.8) is 0 Å². The lowest BCUT2D eigenvalue weighted by molar-refractivity contribution is -0.139. The molecule has 2 amide bonds. The molecular weight excluding hydrogens is 474 g/mol. The summed E-state index contributed by atoms with van der Waals surface area (Å²) in [5.41, 5.74) is 2.40. The van der Waals surface area contributed by atoms with Gasteiger partial charge in [0, 0.05) is 12.6 Å². The van der Waals surface area contributed by atoms with Crippen LogP contribution in [0.3, 0.4) is 0 Å². The first-order chi connectivity index (χ1) is 17.2. The van der Waals surface area contributed by atoms with E-state index in [1.807, 2.05) is 56.3 Å². The zero-order valence-corrected chi connectivity index (χ0v) is 22.5. The van der Waals surface area contributed by atoms with Crippen LogP contribution in [0, 0.1) is 0 Å². The summed E-state index contributed by atoms with van der Waals surface area (Å²) in [5.74, 6) is -0.540. The van der Waals surface area contributed by atoms with Gasteiger partial charge in [-0.3, -0.25) is 13.9 Å². The molecule has 8 heteroatoms. The second-order valence-corrected chi connectivity index (χ2v) is 11.4. The van der Waals surface area contributed by atoms with Crippen molar-refractivity contribution >= 4 is 27.5 Å². The number of anilines is 1. The van der Waals surface area contributed by atoms with Crippen LogP contribution in [0.2, 0.25) is 0 Å². The van der Waals surface area contributed by atoms with Crippen LogP contribution in [0.15, 0.2) is 54.6 Å². The van der Waals surface area contributed by atoms with Crippen LogP contribution < -0.4 is 9.62 Å². The van der Waals surface area contributed by atoms with E-state index in [0.29, 0.717) is 31.5 Å². The van der Waals surface area contributed by atoms with Gasteiger partial charge in [-0.15, -0.1) is 0 Å². The van der Waals surface area contributed by atoms with Crippen molar-refractivity contribution in [2.24, 2.45) is 0 Å². The van der Waals surface area contributed by atoms with Crippen molar-refractivity contribution in [3.05, 3.63) is 65.7 Å². The lowest BCUT2D eigenvalue weighted by Gasteiger charge is -2.33. The Morgan fingerprint density at radius 1 is 1.00 bits per heavy atom. The first kappa shape index (κ1) is 27.7. The van der Waals surface area contributed by atoms with E-state index in [0.717, 1.165) is 43.1 Å². The van der Waals surface area contributed by atoms with Crippen molar-refractivity contribution in [3.8, 4) is 0 Å². The van der Waals surface area contributed by atoms with E-state index in [1.54, 1.807) is 17.0 Å². The van der Waals surface area contributed by atoms with E-state index >= 15 is 0 Å². The maximum Gasteiger partial charge on any atom is 0.244 e. The van der Waals surface area contributed by atoms with Crippen LogP contribution in [-0.2, 0) is 32.5 Å². The van der Waals surface area contributed by atoms with Gasteiger partial charge in [-0.2, -0.15) is 0 Å². The van der Waals surface area contributed by atoms with Gasteiger partial charge < -0.3 is 10.2 Å². The number of hydrogen-bond donors (Lipinski definition) is 1. The summed E-state index contributed by atoms with van der Waals surface area (Å²) in [4.78, 5) is 28.7. The molecule has 1 aliphatic rings. The van der Waals surface area contributed by atoms with Crippen molar-refractivity contribution in [2.75, 3.05) is 23.7 Å². The summed E-state index contributed by atoms with van der Waals surface area (Å²) in [5, 5.41) is 3.13. The SMILES string of the molecule is CCc1ccccc1N(CC(=O)N(CCc1ccccc1)[C@H](CC)C(=O)NC1CCCC1)S(C)(=O)=O. The number of benzene rings is 2. The molecule has 0 spiro atoms. The minimum absolute atomic E-state index is 0.140. The Bertz CT molecular complexity index is 1110. The lowest BCUT2D eigenvalue weighted by Crippen LogP contribution is -2.54. The van der Waals surface area contributed by atoms with Crippen LogP contribution in [0.25, 0.3) is 0 Å². The zero-order valence-electron chi connectivity index (χ0n) is 21.7. The molecule has 0 saturated heterocycles. The van der Waals surface area contributed by atoms with E-state index in [9.17, 15) is 18.0 Å². The van der Waals surface area contributed by atoms with Crippen molar-refractivity contribution in [1.82, 2.24) is 10.2 Å². The molecule has 196 valence electrons. The molecule has 0 heterocycles. The van der Waals surface area contributed by atoms with Gasteiger partial charge in [0.2, 0.25) is 21.8 Å². The number of para-hydroxylation sites is 1. The summed E-state index contributed by atoms with van der Waals surface area (Å²) in [6.45, 7) is 3.82. The Labute approximate surface area is 215 Å². The number of rotatable bonds is 12. The standard InChI is InChI=1S/C28H39N3O4S/c1-4-23-15-9-12-18-26(23)31(36(3,34)35)21-27(32)30(20-19-22-13-7-6-8-14-22)25(5-2)28(33)29-24-16-10-11-17-24/h6-9,12-15,18,24-25H,4-5,10-11,16-17,19-21H2,1-3H3,(H,29,33)/t25-/m1/s1. The number of carbonyl (C=O) groups is 2. The number of carbonyl (C=O) groups excluding carboxylic acids is 2. The molecule has 3 rings (SSSR count). The topological polar surface area (TPSA) is 86.8 Å². The summed E-state index contributed by atoms with van der Waals surface area (Å²) < 4.78 is 26.8. The summed E-state index contributed by atoms with van der Waals surface area (Å²) >= 11 is 0. The van der Waals surface area contributed by atoms with Crippen LogP contribution in [0.4, 0.5) is 5.69 Å². The monoisotopic (exact) mass is 513 g/mol. The molecular formula is C28H39N3O4S. The molecule has 36 heavy (non-hydrogen) atoms. The zero-order chi connectivity index (χ0) is 26.1. The van der Waals surface area contributed by atoms with E-state index in [4.69, 9.17) is 0 Å². The second kappa shape index (κ2) is 12.9. The molecule has 2 aromatic carbocycles. The molecule has 1 aliphatic carbocycles. The number of sulfonamides is 1. The highest BCUT2D eigenvalue weighted by Crippen LogP contribution is 2.24. The van der Waals surface area contributed by atoms with E-state index < -0.39 is 16.1 Å². The number of nitrogens with zero attached hydrogens (tertiary/aromatic N) is 2. The van der Waals surface area contributed by atoms with Gasteiger partial charge in [0.25, 0.3) is 0 Å². The van der Waals surface area contributed by atoms with Gasteiger partial charge in [-0.05, 0) is 49.3 Å².